The van der Waals surface area contributed by atoms with Crippen molar-refractivity contribution in [3.05, 3.63) is 52.4 Å². The van der Waals surface area contributed by atoms with Crippen LogP contribution in [-0.4, -0.2) is 30.3 Å². The molecule has 1 radical (unpaired) electrons. The van der Waals surface area contributed by atoms with Gasteiger partial charge in [-0.25, -0.2) is 0 Å². The van der Waals surface area contributed by atoms with Crippen LogP contribution in [-0.2, 0) is 25.6 Å². The Kier molecular flexibility index (Phi) is 6.61. The number of carbonyl (C=O) groups is 1. The Labute approximate surface area is 141 Å². The quantitative estimate of drug-likeness (QED) is 0.344. The largest absolute Gasteiger partial charge is 0.457 e. The maximum atomic E-state index is 11.5. The number of azide groups is 1. The summed E-state index contributed by atoms with van der Waals surface area (Å²) in [5.41, 5.74) is 9.85. The highest BCUT2D eigenvalue weighted by Crippen LogP contribution is 2.34. The van der Waals surface area contributed by atoms with Crippen LogP contribution in [0.5, 0.6) is 0 Å². The van der Waals surface area contributed by atoms with Crippen molar-refractivity contribution < 1.29 is 19.0 Å². The van der Waals surface area contributed by atoms with Crippen LogP contribution in [0.2, 0.25) is 0 Å². The normalized spacial score (nSPS) is 27.3. The Morgan fingerprint density at radius 2 is 2.08 bits per heavy atom. The van der Waals surface area contributed by atoms with E-state index in [9.17, 15) is 4.79 Å². The number of hydrogen-bond acceptors (Lipinski definition) is 5. The van der Waals surface area contributed by atoms with Gasteiger partial charge in [0.25, 0.3) is 0 Å². The molecular formula is C17H22N3O4. The van der Waals surface area contributed by atoms with Gasteiger partial charge in [0.15, 0.2) is 6.10 Å². The molecular weight excluding hydrogens is 310 g/mol. The molecule has 0 N–H and O–H groups in total. The maximum Gasteiger partial charge on any atom is 0.303 e. The number of esters is 1. The monoisotopic (exact) mass is 332 g/mol. The summed E-state index contributed by atoms with van der Waals surface area (Å²) in [4.78, 5) is 14.4. The lowest BCUT2D eigenvalue weighted by molar-refractivity contribution is -0.183. The Morgan fingerprint density at radius 1 is 1.38 bits per heavy atom. The van der Waals surface area contributed by atoms with E-state index < -0.39 is 24.2 Å². The first-order valence-electron chi connectivity index (χ1n) is 7.96. The van der Waals surface area contributed by atoms with Gasteiger partial charge in [-0.05, 0) is 24.4 Å². The summed E-state index contributed by atoms with van der Waals surface area (Å²) in [6.07, 6.45) is -0.438. The molecule has 0 bridgehead atoms. The van der Waals surface area contributed by atoms with Crippen LogP contribution in [0.15, 0.2) is 35.4 Å². The minimum absolute atomic E-state index is 0.324. The summed E-state index contributed by atoms with van der Waals surface area (Å²) in [5.74, 6) is -0.433. The van der Waals surface area contributed by atoms with Crippen LogP contribution in [0.1, 0.15) is 32.8 Å². The Hall–Kier alpha value is -2.08. The van der Waals surface area contributed by atoms with E-state index >= 15 is 0 Å². The summed E-state index contributed by atoms with van der Waals surface area (Å²) < 4.78 is 17.2. The van der Waals surface area contributed by atoms with Crippen LogP contribution >= 0.6 is 0 Å². The lowest BCUT2D eigenvalue weighted by atomic mass is 9.92. The summed E-state index contributed by atoms with van der Waals surface area (Å²) in [6.45, 7) is 5.39. The van der Waals surface area contributed by atoms with Crippen molar-refractivity contribution in [2.24, 2.45) is 5.11 Å². The maximum absolute atomic E-state index is 11.5. The molecule has 0 spiro atoms. The molecule has 0 aromatic heterocycles. The van der Waals surface area contributed by atoms with Crippen LogP contribution < -0.4 is 0 Å². The van der Waals surface area contributed by atoms with E-state index in [1.165, 1.54) is 6.92 Å². The topological polar surface area (TPSA) is 93.5 Å². The summed E-state index contributed by atoms with van der Waals surface area (Å²) in [5, 5.41) is 3.81. The minimum atomic E-state index is -0.692. The van der Waals surface area contributed by atoms with E-state index in [1.807, 2.05) is 44.2 Å². The standard InChI is InChI=1S/C17H22N3O4/c1-4-14-16(24-12(3)21)17(15(19-20-18)11(2)23-14)22-10-13-8-6-5-7-9-13/h5-9,11,15-17H,4,10H2,1-3H3/t11-,15-,16-,17+/m1/s1. The van der Waals surface area contributed by atoms with Crippen molar-refractivity contribution in [1.29, 1.82) is 0 Å². The third-order valence-electron chi connectivity index (χ3n) is 3.88. The molecule has 1 fully saturated rings. The summed E-state index contributed by atoms with van der Waals surface area (Å²) >= 11 is 0. The summed E-state index contributed by atoms with van der Waals surface area (Å²) in [7, 11) is 0. The molecule has 0 unspecified atom stereocenters. The molecule has 1 aliphatic heterocycles. The second kappa shape index (κ2) is 8.68. The molecule has 1 aromatic rings. The average molecular weight is 332 g/mol. The molecule has 0 aliphatic carbocycles. The van der Waals surface area contributed by atoms with Gasteiger partial charge in [0.05, 0.1) is 18.8 Å². The zero-order valence-corrected chi connectivity index (χ0v) is 14.1. The number of rotatable bonds is 6. The van der Waals surface area contributed by atoms with Crippen molar-refractivity contribution in [2.45, 2.75) is 58.2 Å². The third-order valence-corrected chi connectivity index (χ3v) is 3.88. The SMILES string of the molecule is CC[C]1O[C@H](C)[C@@H](N=[N+]=[N-])[C@H](OCc2ccccc2)[C@@H]1OC(C)=O. The predicted octanol–water partition coefficient (Wildman–Crippen LogP) is 3.54. The number of hydrogen-bond donors (Lipinski definition) is 0. The second-order valence-corrected chi connectivity index (χ2v) is 5.63. The fourth-order valence-corrected chi connectivity index (χ4v) is 2.77. The molecule has 1 aromatic carbocycles. The van der Waals surface area contributed by atoms with Crippen LogP contribution in [0.25, 0.3) is 10.4 Å². The molecule has 2 rings (SSSR count). The van der Waals surface area contributed by atoms with E-state index in [1.54, 1.807) is 0 Å². The van der Waals surface area contributed by atoms with Gasteiger partial charge in [-0.1, -0.05) is 42.4 Å². The molecule has 7 nitrogen and oxygen atoms in total. The molecule has 1 heterocycles. The number of ether oxygens (including phenoxy) is 3. The van der Waals surface area contributed by atoms with Crippen molar-refractivity contribution in [1.82, 2.24) is 0 Å². The van der Waals surface area contributed by atoms with Gasteiger partial charge in [-0.15, -0.1) is 0 Å². The van der Waals surface area contributed by atoms with Crippen LogP contribution in [0, 0.1) is 6.10 Å². The van der Waals surface area contributed by atoms with Crippen molar-refractivity contribution in [3.8, 4) is 0 Å². The highest BCUT2D eigenvalue weighted by atomic mass is 16.6. The zero-order valence-electron chi connectivity index (χ0n) is 14.1. The van der Waals surface area contributed by atoms with E-state index in [4.69, 9.17) is 19.7 Å². The third kappa shape index (κ3) is 4.47. The Morgan fingerprint density at radius 3 is 2.67 bits per heavy atom. The molecule has 1 aliphatic rings. The van der Waals surface area contributed by atoms with E-state index in [2.05, 4.69) is 10.0 Å². The molecule has 1 saturated heterocycles. The summed E-state index contributed by atoms with van der Waals surface area (Å²) in [6, 6.07) is 9.06. The Balaban J connectivity index is 2.24. The van der Waals surface area contributed by atoms with Gasteiger partial charge in [0.1, 0.15) is 12.2 Å². The van der Waals surface area contributed by atoms with Gasteiger partial charge in [0.2, 0.25) is 0 Å². The van der Waals surface area contributed by atoms with Crippen molar-refractivity contribution >= 4 is 5.97 Å². The number of nitrogens with zero attached hydrogens (tertiary/aromatic N) is 3. The fraction of sp³-hybridized carbons (Fsp3) is 0.529. The van der Waals surface area contributed by atoms with Crippen molar-refractivity contribution in [3.63, 3.8) is 0 Å². The van der Waals surface area contributed by atoms with Gasteiger partial charge in [-0.2, -0.15) is 0 Å². The molecule has 129 valence electrons. The lowest BCUT2D eigenvalue weighted by Gasteiger charge is -2.42. The average Bonchev–Trinajstić information content (AvgIpc) is 2.57. The van der Waals surface area contributed by atoms with Gasteiger partial charge < -0.3 is 14.2 Å². The second-order valence-electron chi connectivity index (χ2n) is 5.63. The highest BCUT2D eigenvalue weighted by molar-refractivity contribution is 5.66. The first kappa shape index (κ1) is 18.3. The van der Waals surface area contributed by atoms with Crippen molar-refractivity contribution in [2.75, 3.05) is 0 Å². The number of carbonyl (C=O) groups excluding carboxylic acids is 1. The van der Waals surface area contributed by atoms with E-state index in [-0.39, 0.29) is 6.10 Å². The number of benzene rings is 1. The lowest BCUT2D eigenvalue weighted by Crippen LogP contribution is -2.54. The fourth-order valence-electron chi connectivity index (χ4n) is 2.77. The van der Waals surface area contributed by atoms with Gasteiger partial charge in [0, 0.05) is 11.8 Å². The van der Waals surface area contributed by atoms with Gasteiger partial charge >= 0.3 is 5.97 Å². The molecule has 24 heavy (non-hydrogen) atoms. The smallest absolute Gasteiger partial charge is 0.303 e. The molecule has 7 heteroatoms. The molecule has 0 amide bonds. The predicted molar refractivity (Wildman–Crippen MR) is 87.6 cm³/mol. The highest BCUT2D eigenvalue weighted by Gasteiger charge is 2.46. The minimum Gasteiger partial charge on any atom is -0.457 e. The van der Waals surface area contributed by atoms with Gasteiger partial charge in [-0.3, -0.25) is 4.79 Å². The van der Waals surface area contributed by atoms with E-state index in [0.717, 1.165) is 5.56 Å². The first-order valence-corrected chi connectivity index (χ1v) is 7.96. The van der Waals surface area contributed by atoms with Crippen LogP contribution in [0.3, 0.4) is 0 Å². The zero-order chi connectivity index (χ0) is 17.5. The van der Waals surface area contributed by atoms with Crippen LogP contribution in [0.4, 0.5) is 0 Å². The molecule has 0 saturated carbocycles. The Bertz CT molecular complexity index is 589. The first-order chi connectivity index (χ1) is 11.6. The molecule has 4 atom stereocenters. The van der Waals surface area contributed by atoms with E-state index in [0.29, 0.717) is 19.1 Å².